The van der Waals surface area contributed by atoms with Crippen molar-refractivity contribution in [2.75, 3.05) is 0 Å². The Labute approximate surface area is 130 Å². The molecule has 1 amide bonds. The summed E-state index contributed by atoms with van der Waals surface area (Å²) in [4.78, 5) is 16.0. The molecule has 0 aliphatic rings. The molecule has 0 bridgehead atoms. The van der Waals surface area contributed by atoms with Gasteiger partial charge in [0.1, 0.15) is 11.6 Å². The standard InChI is InChI=1S/C16H11F2N3O2/c17-11-7-5-10(6-8-11)15-20-14(23-21-15)9-19-16(22)12-3-1-2-4-13(12)18/h1-8H,9H2,(H,19,22). The fraction of sp³-hybridized carbons (Fsp3) is 0.0625. The SMILES string of the molecule is O=C(NCc1nc(-c2ccc(F)cc2)no1)c1ccccc1F. The summed E-state index contributed by atoms with van der Waals surface area (Å²) >= 11 is 0. The Bertz CT molecular complexity index is 831. The van der Waals surface area contributed by atoms with E-state index in [1.807, 2.05) is 0 Å². The normalized spacial score (nSPS) is 10.5. The van der Waals surface area contributed by atoms with E-state index in [-0.39, 0.29) is 29.6 Å². The minimum Gasteiger partial charge on any atom is -0.343 e. The van der Waals surface area contributed by atoms with Crippen LogP contribution in [0.5, 0.6) is 0 Å². The number of nitrogens with zero attached hydrogens (tertiary/aromatic N) is 2. The summed E-state index contributed by atoms with van der Waals surface area (Å²) in [6.45, 7) is -0.0403. The van der Waals surface area contributed by atoms with Crippen LogP contribution in [0.2, 0.25) is 0 Å². The molecule has 0 atom stereocenters. The second kappa shape index (κ2) is 6.35. The summed E-state index contributed by atoms with van der Waals surface area (Å²) in [5, 5.41) is 6.25. The number of carbonyl (C=O) groups is 1. The van der Waals surface area contributed by atoms with Crippen LogP contribution < -0.4 is 5.32 Å². The van der Waals surface area contributed by atoms with E-state index < -0.39 is 11.7 Å². The molecule has 7 heteroatoms. The van der Waals surface area contributed by atoms with Gasteiger partial charge >= 0.3 is 0 Å². The molecule has 116 valence electrons. The van der Waals surface area contributed by atoms with Crippen molar-refractivity contribution >= 4 is 5.91 Å². The highest BCUT2D eigenvalue weighted by Crippen LogP contribution is 2.16. The lowest BCUT2D eigenvalue weighted by Crippen LogP contribution is -2.23. The van der Waals surface area contributed by atoms with Crippen LogP contribution in [0.25, 0.3) is 11.4 Å². The van der Waals surface area contributed by atoms with Crippen LogP contribution >= 0.6 is 0 Å². The molecule has 2 aromatic carbocycles. The van der Waals surface area contributed by atoms with Crippen molar-refractivity contribution in [2.45, 2.75) is 6.54 Å². The van der Waals surface area contributed by atoms with Gasteiger partial charge in [-0.1, -0.05) is 17.3 Å². The van der Waals surface area contributed by atoms with E-state index in [1.54, 1.807) is 6.07 Å². The number of nitrogens with one attached hydrogen (secondary N) is 1. The minimum atomic E-state index is -0.609. The zero-order valence-electron chi connectivity index (χ0n) is 11.8. The molecule has 0 aliphatic carbocycles. The van der Waals surface area contributed by atoms with Crippen molar-refractivity contribution in [1.29, 1.82) is 0 Å². The maximum atomic E-state index is 13.5. The molecular weight excluding hydrogens is 304 g/mol. The van der Waals surface area contributed by atoms with Gasteiger partial charge in [-0.2, -0.15) is 4.98 Å². The lowest BCUT2D eigenvalue weighted by molar-refractivity contribution is 0.0942. The van der Waals surface area contributed by atoms with Crippen molar-refractivity contribution in [1.82, 2.24) is 15.5 Å². The van der Waals surface area contributed by atoms with Crippen LogP contribution in [-0.2, 0) is 6.54 Å². The zero-order chi connectivity index (χ0) is 16.2. The van der Waals surface area contributed by atoms with Crippen LogP contribution in [0.1, 0.15) is 16.2 Å². The van der Waals surface area contributed by atoms with E-state index in [4.69, 9.17) is 4.52 Å². The summed E-state index contributed by atoms with van der Waals surface area (Å²) in [7, 11) is 0. The lowest BCUT2D eigenvalue weighted by Gasteiger charge is -2.02. The average molecular weight is 315 g/mol. The first-order chi connectivity index (χ1) is 11.1. The number of hydrogen-bond donors (Lipinski definition) is 1. The number of carbonyl (C=O) groups excluding carboxylic acids is 1. The summed E-state index contributed by atoms with van der Waals surface area (Å²) in [5.74, 6) is -1.11. The highest BCUT2D eigenvalue weighted by molar-refractivity contribution is 5.94. The lowest BCUT2D eigenvalue weighted by atomic mass is 10.2. The first-order valence-electron chi connectivity index (χ1n) is 6.75. The molecule has 0 saturated heterocycles. The second-order valence-electron chi connectivity index (χ2n) is 4.68. The van der Waals surface area contributed by atoms with E-state index in [1.165, 1.54) is 42.5 Å². The number of halogens is 2. The fourth-order valence-corrected chi connectivity index (χ4v) is 1.94. The number of hydrogen-bond acceptors (Lipinski definition) is 4. The van der Waals surface area contributed by atoms with Crippen molar-refractivity contribution in [3.05, 3.63) is 71.6 Å². The van der Waals surface area contributed by atoms with Crippen molar-refractivity contribution in [3.63, 3.8) is 0 Å². The molecular formula is C16H11F2N3O2. The maximum absolute atomic E-state index is 13.5. The second-order valence-corrected chi connectivity index (χ2v) is 4.68. The molecule has 1 N–H and O–H groups in total. The van der Waals surface area contributed by atoms with E-state index in [0.29, 0.717) is 5.56 Å². The van der Waals surface area contributed by atoms with Gasteiger partial charge in [0.25, 0.3) is 5.91 Å². The van der Waals surface area contributed by atoms with E-state index in [9.17, 15) is 13.6 Å². The monoisotopic (exact) mass is 315 g/mol. The van der Waals surface area contributed by atoms with Gasteiger partial charge in [-0.15, -0.1) is 0 Å². The van der Waals surface area contributed by atoms with Gasteiger partial charge in [0.05, 0.1) is 12.1 Å². The molecule has 23 heavy (non-hydrogen) atoms. The number of benzene rings is 2. The summed E-state index contributed by atoms with van der Waals surface area (Å²) in [6.07, 6.45) is 0. The highest BCUT2D eigenvalue weighted by atomic mass is 19.1. The third kappa shape index (κ3) is 3.39. The molecule has 0 saturated carbocycles. The molecule has 3 aromatic rings. The molecule has 0 unspecified atom stereocenters. The highest BCUT2D eigenvalue weighted by Gasteiger charge is 2.13. The van der Waals surface area contributed by atoms with Gasteiger partial charge in [-0.25, -0.2) is 8.78 Å². The molecule has 1 aromatic heterocycles. The van der Waals surface area contributed by atoms with E-state index >= 15 is 0 Å². The quantitative estimate of drug-likeness (QED) is 0.804. The summed E-state index contributed by atoms with van der Waals surface area (Å²) in [5.41, 5.74) is 0.521. The Morgan fingerprint density at radius 2 is 1.83 bits per heavy atom. The van der Waals surface area contributed by atoms with Gasteiger partial charge < -0.3 is 9.84 Å². The molecule has 0 aliphatic heterocycles. The summed E-state index contributed by atoms with van der Waals surface area (Å²) in [6, 6.07) is 11.2. The number of rotatable bonds is 4. The number of amides is 1. The van der Waals surface area contributed by atoms with Crippen LogP contribution in [0.4, 0.5) is 8.78 Å². The first-order valence-corrected chi connectivity index (χ1v) is 6.75. The summed E-state index contributed by atoms with van der Waals surface area (Å²) < 4.78 is 31.4. The van der Waals surface area contributed by atoms with Crippen LogP contribution in [0.15, 0.2) is 53.1 Å². The minimum absolute atomic E-state index is 0.0403. The molecule has 0 spiro atoms. The predicted octanol–water partition coefficient (Wildman–Crippen LogP) is 2.94. The Kier molecular flexibility index (Phi) is 4.09. The smallest absolute Gasteiger partial charge is 0.254 e. The molecule has 1 heterocycles. The zero-order valence-corrected chi connectivity index (χ0v) is 11.8. The predicted molar refractivity (Wildman–Crippen MR) is 77.3 cm³/mol. The molecule has 0 fully saturated rings. The largest absolute Gasteiger partial charge is 0.343 e. The van der Waals surface area contributed by atoms with Gasteiger partial charge in [0.2, 0.25) is 11.7 Å². The molecule has 3 rings (SSSR count). The van der Waals surface area contributed by atoms with Gasteiger partial charge in [0, 0.05) is 5.56 Å². The molecule has 5 nitrogen and oxygen atoms in total. The Morgan fingerprint density at radius 3 is 2.57 bits per heavy atom. The fourth-order valence-electron chi connectivity index (χ4n) is 1.94. The van der Waals surface area contributed by atoms with E-state index in [2.05, 4.69) is 15.5 Å². The third-order valence-electron chi connectivity index (χ3n) is 3.09. The van der Waals surface area contributed by atoms with E-state index in [0.717, 1.165) is 0 Å². The topological polar surface area (TPSA) is 68.0 Å². The van der Waals surface area contributed by atoms with Crippen LogP contribution in [0, 0.1) is 11.6 Å². The Balaban J connectivity index is 1.67. The van der Waals surface area contributed by atoms with Gasteiger partial charge in [-0.05, 0) is 36.4 Å². The van der Waals surface area contributed by atoms with Gasteiger partial charge in [-0.3, -0.25) is 4.79 Å². The van der Waals surface area contributed by atoms with Crippen LogP contribution in [0.3, 0.4) is 0 Å². The Morgan fingerprint density at radius 1 is 1.09 bits per heavy atom. The first kappa shape index (κ1) is 14.8. The molecule has 0 radical (unpaired) electrons. The Hall–Kier alpha value is -3.09. The van der Waals surface area contributed by atoms with Gasteiger partial charge in [0.15, 0.2) is 0 Å². The van der Waals surface area contributed by atoms with Crippen molar-refractivity contribution < 1.29 is 18.1 Å². The average Bonchev–Trinajstić information content (AvgIpc) is 3.03. The van der Waals surface area contributed by atoms with Crippen LogP contribution in [-0.4, -0.2) is 16.0 Å². The van der Waals surface area contributed by atoms with Crippen molar-refractivity contribution in [3.8, 4) is 11.4 Å². The van der Waals surface area contributed by atoms with Crippen molar-refractivity contribution in [2.24, 2.45) is 0 Å². The number of aromatic nitrogens is 2. The third-order valence-corrected chi connectivity index (χ3v) is 3.09. The maximum Gasteiger partial charge on any atom is 0.254 e.